The summed E-state index contributed by atoms with van der Waals surface area (Å²) in [4.78, 5) is 32.2. The Morgan fingerprint density at radius 3 is 2.73 bits per heavy atom. The highest BCUT2D eigenvalue weighted by Gasteiger charge is 2.28. The van der Waals surface area contributed by atoms with Gasteiger partial charge in [0.05, 0.1) is 11.6 Å². The van der Waals surface area contributed by atoms with Crippen LogP contribution in [-0.2, 0) is 16.1 Å². The highest BCUT2D eigenvalue weighted by Crippen LogP contribution is 2.13. The van der Waals surface area contributed by atoms with Gasteiger partial charge in [-0.2, -0.15) is 0 Å². The molecule has 0 aliphatic carbocycles. The summed E-state index contributed by atoms with van der Waals surface area (Å²) in [6, 6.07) is 5.96. The zero-order valence-electron chi connectivity index (χ0n) is 13.5. The lowest BCUT2D eigenvalue weighted by molar-refractivity contribution is -0.130. The SMILES string of the molecule is CNC(=O)[C@@H]1CN(Cc2cccc(C)n2)CCN(C(C)=O)C1. The third-order valence-electron chi connectivity index (χ3n) is 4.00. The normalized spacial score (nSPS) is 19.6. The Morgan fingerprint density at radius 2 is 2.09 bits per heavy atom. The van der Waals surface area contributed by atoms with Crippen LogP contribution < -0.4 is 5.32 Å². The van der Waals surface area contributed by atoms with Crippen LogP contribution in [0.5, 0.6) is 0 Å². The lowest BCUT2D eigenvalue weighted by atomic mass is 10.1. The molecular formula is C16H24N4O2. The second kappa shape index (κ2) is 7.35. The number of amides is 2. The van der Waals surface area contributed by atoms with Gasteiger partial charge >= 0.3 is 0 Å². The second-order valence-electron chi connectivity index (χ2n) is 5.78. The first kappa shape index (κ1) is 16.4. The summed E-state index contributed by atoms with van der Waals surface area (Å²) in [6.07, 6.45) is 0. The Hall–Kier alpha value is -1.95. The fourth-order valence-electron chi connectivity index (χ4n) is 2.80. The van der Waals surface area contributed by atoms with E-state index in [0.717, 1.165) is 17.9 Å². The van der Waals surface area contributed by atoms with E-state index in [4.69, 9.17) is 0 Å². The molecule has 0 saturated carbocycles. The maximum Gasteiger partial charge on any atom is 0.225 e. The van der Waals surface area contributed by atoms with Gasteiger partial charge in [-0.05, 0) is 19.1 Å². The monoisotopic (exact) mass is 304 g/mol. The van der Waals surface area contributed by atoms with E-state index >= 15 is 0 Å². The van der Waals surface area contributed by atoms with Crippen molar-refractivity contribution in [3.8, 4) is 0 Å². The quantitative estimate of drug-likeness (QED) is 0.879. The van der Waals surface area contributed by atoms with E-state index in [1.54, 1.807) is 18.9 Å². The van der Waals surface area contributed by atoms with E-state index in [0.29, 0.717) is 26.2 Å². The van der Waals surface area contributed by atoms with Gasteiger partial charge in [0.15, 0.2) is 0 Å². The minimum atomic E-state index is -0.207. The molecule has 0 unspecified atom stereocenters. The molecule has 2 rings (SSSR count). The number of nitrogens with one attached hydrogen (secondary N) is 1. The molecule has 6 heteroatoms. The largest absolute Gasteiger partial charge is 0.359 e. The highest BCUT2D eigenvalue weighted by atomic mass is 16.2. The van der Waals surface area contributed by atoms with E-state index in [-0.39, 0.29) is 17.7 Å². The van der Waals surface area contributed by atoms with Crippen molar-refractivity contribution in [1.82, 2.24) is 20.1 Å². The fourth-order valence-corrected chi connectivity index (χ4v) is 2.80. The number of carbonyl (C=O) groups excluding carboxylic acids is 2. The molecule has 1 aliphatic heterocycles. The molecule has 1 aliphatic rings. The van der Waals surface area contributed by atoms with E-state index < -0.39 is 0 Å². The first-order valence-corrected chi connectivity index (χ1v) is 7.61. The van der Waals surface area contributed by atoms with Crippen LogP contribution in [0.25, 0.3) is 0 Å². The predicted octanol–water partition coefficient (Wildman–Crippen LogP) is 0.416. The number of pyridine rings is 1. The van der Waals surface area contributed by atoms with Crippen molar-refractivity contribution in [3.63, 3.8) is 0 Å². The summed E-state index contributed by atoms with van der Waals surface area (Å²) < 4.78 is 0. The zero-order valence-corrected chi connectivity index (χ0v) is 13.5. The molecule has 0 spiro atoms. The van der Waals surface area contributed by atoms with Crippen LogP contribution in [-0.4, -0.2) is 59.8 Å². The van der Waals surface area contributed by atoms with Crippen LogP contribution in [0.4, 0.5) is 0 Å². The van der Waals surface area contributed by atoms with Gasteiger partial charge in [-0.15, -0.1) is 0 Å². The molecule has 1 aromatic heterocycles. The van der Waals surface area contributed by atoms with Gasteiger partial charge in [-0.3, -0.25) is 19.5 Å². The highest BCUT2D eigenvalue weighted by molar-refractivity contribution is 5.80. The summed E-state index contributed by atoms with van der Waals surface area (Å²) >= 11 is 0. The number of hydrogen-bond acceptors (Lipinski definition) is 4. The minimum Gasteiger partial charge on any atom is -0.359 e. The molecule has 1 saturated heterocycles. The van der Waals surface area contributed by atoms with Crippen molar-refractivity contribution in [2.75, 3.05) is 33.2 Å². The lowest BCUT2D eigenvalue weighted by Gasteiger charge is -2.22. The summed E-state index contributed by atoms with van der Waals surface area (Å²) in [6.45, 7) is 6.74. The average Bonchev–Trinajstić information content (AvgIpc) is 2.69. The van der Waals surface area contributed by atoms with Crippen LogP contribution >= 0.6 is 0 Å². The predicted molar refractivity (Wildman–Crippen MR) is 84.1 cm³/mol. The molecule has 1 fully saturated rings. The van der Waals surface area contributed by atoms with E-state index in [2.05, 4.69) is 15.2 Å². The Labute approximate surface area is 131 Å². The topological polar surface area (TPSA) is 65.5 Å². The van der Waals surface area contributed by atoms with Gasteiger partial charge in [0.25, 0.3) is 0 Å². The van der Waals surface area contributed by atoms with E-state index in [1.165, 1.54) is 0 Å². The summed E-state index contributed by atoms with van der Waals surface area (Å²) in [5, 5.41) is 2.70. The summed E-state index contributed by atoms with van der Waals surface area (Å²) in [7, 11) is 1.64. The molecule has 2 amide bonds. The molecule has 0 radical (unpaired) electrons. The standard InChI is InChI=1S/C16H24N4O2/c1-12-5-4-6-15(18-12)11-19-7-8-20(13(2)21)10-14(9-19)16(22)17-3/h4-6,14H,7-11H2,1-3H3,(H,17,22)/t14-/m1/s1. The lowest BCUT2D eigenvalue weighted by Crippen LogP contribution is -2.40. The molecule has 0 aromatic carbocycles. The van der Waals surface area contributed by atoms with E-state index in [9.17, 15) is 9.59 Å². The molecule has 0 bridgehead atoms. The fraction of sp³-hybridized carbons (Fsp3) is 0.562. The first-order valence-electron chi connectivity index (χ1n) is 7.61. The Morgan fingerprint density at radius 1 is 1.32 bits per heavy atom. The number of carbonyl (C=O) groups is 2. The van der Waals surface area contributed by atoms with Crippen molar-refractivity contribution >= 4 is 11.8 Å². The maximum atomic E-state index is 12.0. The third kappa shape index (κ3) is 4.27. The molecule has 22 heavy (non-hydrogen) atoms. The van der Waals surface area contributed by atoms with Crippen LogP contribution in [0.1, 0.15) is 18.3 Å². The molecule has 6 nitrogen and oxygen atoms in total. The zero-order chi connectivity index (χ0) is 16.1. The molecule has 2 heterocycles. The number of rotatable bonds is 3. The molecule has 1 atom stereocenters. The molecule has 1 N–H and O–H groups in total. The van der Waals surface area contributed by atoms with Crippen molar-refractivity contribution < 1.29 is 9.59 Å². The van der Waals surface area contributed by atoms with Gasteiger partial charge in [0.2, 0.25) is 11.8 Å². The number of aryl methyl sites for hydroxylation is 1. The summed E-state index contributed by atoms with van der Waals surface area (Å²) in [5.41, 5.74) is 1.98. The van der Waals surface area contributed by atoms with Crippen LogP contribution in [0.2, 0.25) is 0 Å². The van der Waals surface area contributed by atoms with Crippen molar-refractivity contribution in [1.29, 1.82) is 0 Å². The van der Waals surface area contributed by atoms with Crippen molar-refractivity contribution in [2.24, 2.45) is 5.92 Å². The van der Waals surface area contributed by atoms with Gasteiger partial charge in [0.1, 0.15) is 0 Å². The Kier molecular flexibility index (Phi) is 5.49. The maximum absolute atomic E-state index is 12.0. The summed E-state index contributed by atoms with van der Waals surface area (Å²) in [5.74, 6) is -0.207. The Balaban J connectivity index is 2.10. The number of hydrogen-bond donors (Lipinski definition) is 1. The van der Waals surface area contributed by atoms with Crippen molar-refractivity contribution in [2.45, 2.75) is 20.4 Å². The van der Waals surface area contributed by atoms with Gasteiger partial charge < -0.3 is 10.2 Å². The number of nitrogens with zero attached hydrogens (tertiary/aromatic N) is 3. The van der Waals surface area contributed by atoms with Gasteiger partial charge in [-0.1, -0.05) is 6.07 Å². The second-order valence-corrected chi connectivity index (χ2v) is 5.78. The smallest absolute Gasteiger partial charge is 0.225 e. The molecule has 1 aromatic rings. The average molecular weight is 304 g/mol. The van der Waals surface area contributed by atoms with Gasteiger partial charge in [0, 0.05) is 52.4 Å². The minimum absolute atomic E-state index is 0.0180. The van der Waals surface area contributed by atoms with Crippen LogP contribution in [0, 0.1) is 12.8 Å². The van der Waals surface area contributed by atoms with Crippen molar-refractivity contribution in [3.05, 3.63) is 29.6 Å². The molecular weight excluding hydrogens is 280 g/mol. The van der Waals surface area contributed by atoms with Crippen LogP contribution in [0.15, 0.2) is 18.2 Å². The van der Waals surface area contributed by atoms with Crippen LogP contribution in [0.3, 0.4) is 0 Å². The Bertz CT molecular complexity index is 547. The third-order valence-corrected chi connectivity index (χ3v) is 4.00. The van der Waals surface area contributed by atoms with E-state index in [1.807, 2.05) is 25.1 Å². The number of aromatic nitrogens is 1. The van der Waals surface area contributed by atoms with Gasteiger partial charge in [-0.25, -0.2) is 0 Å². The molecule has 120 valence electrons. The first-order chi connectivity index (χ1) is 10.5.